The molecule has 0 aromatic rings. The molecule has 0 rings (SSSR count). The van der Waals surface area contributed by atoms with Gasteiger partial charge in [0.25, 0.3) is 0 Å². The van der Waals surface area contributed by atoms with E-state index < -0.39 is 0 Å². The van der Waals surface area contributed by atoms with Crippen molar-refractivity contribution < 1.29 is 4.74 Å². The molecule has 0 radical (unpaired) electrons. The Hall–Kier alpha value is -0.280. The van der Waals surface area contributed by atoms with Gasteiger partial charge in [0.05, 0.1) is 18.3 Å². The van der Waals surface area contributed by atoms with Crippen molar-refractivity contribution in [3.8, 4) is 0 Å². The number of likely N-dealkylation sites (N-methyl/N-ethyl adjacent to an activating group) is 1. The highest BCUT2D eigenvalue weighted by molar-refractivity contribution is 7.78. The van der Waals surface area contributed by atoms with Crippen LogP contribution in [0.15, 0.2) is 4.99 Å². The van der Waals surface area contributed by atoms with Gasteiger partial charge in [-0.15, -0.1) is 0 Å². The van der Waals surface area contributed by atoms with E-state index in [9.17, 15) is 0 Å². The zero-order chi connectivity index (χ0) is 8.53. The molecule has 64 valence electrons. The van der Waals surface area contributed by atoms with Crippen molar-refractivity contribution in [1.82, 2.24) is 4.90 Å². The van der Waals surface area contributed by atoms with Crippen molar-refractivity contribution in [2.24, 2.45) is 4.99 Å². The fraction of sp³-hybridized carbons (Fsp3) is 0.857. The lowest BCUT2D eigenvalue weighted by molar-refractivity contribution is 0.163. The van der Waals surface area contributed by atoms with Gasteiger partial charge in [0.2, 0.25) is 0 Å². The Morgan fingerprint density at radius 3 is 2.82 bits per heavy atom. The van der Waals surface area contributed by atoms with Crippen LogP contribution in [0.2, 0.25) is 0 Å². The topological polar surface area (TPSA) is 24.8 Å². The minimum absolute atomic E-state index is 0.726. The van der Waals surface area contributed by atoms with Crippen molar-refractivity contribution in [1.29, 1.82) is 0 Å². The van der Waals surface area contributed by atoms with Gasteiger partial charge in [-0.3, -0.25) is 0 Å². The second kappa shape index (κ2) is 7.82. The van der Waals surface area contributed by atoms with Gasteiger partial charge in [-0.05, 0) is 19.3 Å². The van der Waals surface area contributed by atoms with E-state index in [1.165, 1.54) is 0 Å². The molecule has 0 aliphatic heterocycles. The van der Waals surface area contributed by atoms with E-state index in [1.807, 2.05) is 7.05 Å². The van der Waals surface area contributed by atoms with Crippen LogP contribution in [0.3, 0.4) is 0 Å². The van der Waals surface area contributed by atoms with E-state index in [1.54, 1.807) is 7.11 Å². The van der Waals surface area contributed by atoms with Crippen LogP contribution in [-0.2, 0) is 4.74 Å². The standard InChI is InChI=1S/C7H14N2OS/c1-9(5-6-10-2)4-3-8-7-11/h3-6H2,1-2H3. The summed E-state index contributed by atoms with van der Waals surface area (Å²) in [7, 11) is 3.72. The van der Waals surface area contributed by atoms with Crippen LogP contribution in [0.25, 0.3) is 0 Å². The van der Waals surface area contributed by atoms with E-state index in [-0.39, 0.29) is 0 Å². The number of nitrogens with zero attached hydrogens (tertiary/aromatic N) is 2. The average molecular weight is 174 g/mol. The van der Waals surface area contributed by atoms with E-state index in [4.69, 9.17) is 4.74 Å². The minimum Gasteiger partial charge on any atom is -0.383 e. The highest BCUT2D eigenvalue weighted by Gasteiger charge is 1.94. The zero-order valence-corrected chi connectivity index (χ0v) is 7.86. The fourth-order valence-electron chi connectivity index (χ4n) is 0.625. The van der Waals surface area contributed by atoms with Crippen molar-refractivity contribution in [2.75, 3.05) is 40.4 Å². The fourth-order valence-corrected chi connectivity index (χ4v) is 0.717. The first-order valence-corrected chi connectivity index (χ1v) is 3.93. The molecule has 0 aliphatic carbocycles. The third-order valence-corrected chi connectivity index (χ3v) is 1.46. The van der Waals surface area contributed by atoms with Gasteiger partial charge in [-0.2, -0.15) is 0 Å². The summed E-state index contributed by atoms with van der Waals surface area (Å²) in [5.41, 5.74) is 0. The van der Waals surface area contributed by atoms with Gasteiger partial charge < -0.3 is 9.64 Å². The maximum absolute atomic E-state index is 4.91. The van der Waals surface area contributed by atoms with Gasteiger partial charge in [-0.1, -0.05) is 0 Å². The Balaban J connectivity index is 3.21. The molecular weight excluding hydrogens is 160 g/mol. The molecule has 0 aliphatic rings. The van der Waals surface area contributed by atoms with Crippen LogP contribution in [0.5, 0.6) is 0 Å². The first-order chi connectivity index (χ1) is 5.31. The van der Waals surface area contributed by atoms with E-state index in [0.717, 1.165) is 26.2 Å². The first kappa shape index (κ1) is 10.7. The zero-order valence-electron chi connectivity index (χ0n) is 7.04. The molecule has 11 heavy (non-hydrogen) atoms. The van der Waals surface area contributed by atoms with E-state index in [0.29, 0.717) is 0 Å². The highest BCUT2D eigenvalue weighted by Crippen LogP contribution is 1.81. The molecule has 0 N–H and O–H groups in total. The highest BCUT2D eigenvalue weighted by atomic mass is 32.1. The van der Waals surface area contributed by atoms with E-state index in [2.05, 4.69) is 27.3 Å². The first-order valence-electron chi connectivity index (χ1n) is 3.52. The maximum atomic E-state index is 4.91. The Labute approximate surface area is 73.1 Å². The summed E-state index contributed by atoms with van der Waals surface area (Å²) >= 11 is 4.43. The molecule has 0 saturated heterocycles. The molecule has 0 atom stereocenters. The molecule has 0 unspecified atom stereocenters. The third kappa shape index (κ3) is 7.62. The lowest BCUT2D eigenvalue weighted by Gasteiger charge is -2.13. The number of isothiocyanates is 1. The number of rotatable bonds is 6. The average Bonchev–Trinajstić information content (AvgIpc) is 2.01. The Morgan fingerprint density at radius 1 is 1.55 bits per heavy atom. The van der Waals surface area contributed by atoms with Gasteiger partial charge in [-0.25, -0.2) is 4.99 Å². The SMILES string of the molecule is COCCN(C)CCN=C=S. The third-order valence-electron chi connectivity index (χ3n) is 1.34. The number of thiocarbonyl (C=S) groups is 1. The monoisotopic (exact) mass is 174 g/mol. The molecule has 0 aromatic carbocycles. The largest absolute Gasteiger partial charge is 0.383 e. The maximum Gasteiger partial charge on any atom is 0.0620 e. The van der Waals surface area contributed by atoms with Crippen molar-refractivity contribution in [3.05, 3.63) is 0 Å². The Morgan fingerprint density at radius 2 is 2.27 bits per heavy atom. The molecule has 0 spiro atoms. The minimum atomic E-state index is 0.726. The lowest BCUT2D eigenvalue weighted by Crippen LogP contribution is -2.25. The second-order valence-corrected chi connectivity index (χ2v) is 2.45. The molecule has 0 heterocycles. The smallest absolute Gasteiger partial charge is 0.0620 e. The summed E-state index contributed by atoms with van der Waals surface area (Å²) in [6.45, 7) is 3.33. The van der Waals surface area contributed by atoms with Crippen LogP contribution in [-0.4, -0.2) is 50.5 Å². The van der Waals surface area contributed by atoms with Gasteiger partial charge in [0.15, 0.2) is 0 Å². The summed E-state index contributed by atoms with van der Waals surface area (Å²) in [5.74, 6) is 0. The van der Waals surface area contributed by atoms with Crippen LogP contribution < -0.4 is 0 Å². The van der Waals surface area contributed by atoms with Crippen molar-refractivity contribution >= 4 is 17.4 Å². The number of ether oxygens (including phenoxy) is 1. The normalized spacial score (nSPS) is 9.73. The summed E-state index contributed by atoms with van der Waals surface area (Å²) in [6.07, 6.45) is 0. The summed E-state index contributed by atoms with van der Waals surface area (Å²) in [4.78, 5) is 5.94. The predicted octanol–water partition coefficient (Wildman–Crippen LogP) is 0.667. The number of hydrogen-bond donors (Lipinski definition) is 0. The van der Waals surface area contributed by atoms with Crippen LogP contribution in [0.1, 0.15) is 0 Å². The molecule has 3 nitrogen and oxygen atoms in total. The molecule has 0 aromatic heterocycles. The molecular formula is C7H14N2OS. The van der Waals surface area contributed by atoms with Gasteiger partial charge in [0.1, 0.15) is 0 Å². The van der Waals surface area contributed by atoms with Crippen LogP contribution in [0, 0.1) is 0 Å². The Kier molecular flexibility index (Phi) is 7.62. The predicted molar refractivity (Wildman–Crippen MR) is 49.3 cm³/mol. The molecule has 0 fully saturated rings. The molecule has 0 amide bonds. The van der Waals surface area contributed by atoms with Crippen molar-refractivity contribution in [2.45, 2.75) is 0 Å². The summed E-state index contributed by atoms with van der Waals surface area (Å²) in [5, 5.41) is 2.33. The van der Waals surface area contributed by atoms with Gasteiger partial charge >= 0.3 is 0 Å². The Bertz CT molecular complexity index is 134. The summed E-state index contributed by atoms with van der Waals surface area (Å²) in [6, 6.07) is 0. The van der Waals surface area contributed by atoms with E-state index >= 15 is 0 Å². The lowest BCUT2D eigenvalue weighted by atomic mass is 10.5. The van der Waals surface area contributed by atoms with Gasteiger partial charge in [0, 0.05) is 20.2 Å². The number of aliphatic imine (C=N–C) groups is 1. The molecule has 0 saturated carbocycles. The second-order valence-electron chi connectivity index (χ2n) is 2.27. The van der Waals surface area contributed by atoms with Crippen LogP contribution in [0.4, 0.5) is 0 Å². The van der Waals surface area contributed by atoms with Crippen LogP contribution >= 0.6 is 12.2 Å². The number of hydrogen-bond acceptors (Lipinski definition) is 4. The molecule has 4 heteroatoms. The number of methoxy groups -OCH3 is 1. The van der Waals surface area contributed by atoms with Crippen molar-refractivity contribution in [3.63, 3.8) is 0 Å². The molecule has 0 bridgehead atoms. The summed E-state index contributed by atoms with van der Waals surface area (Å²) < 4.78 is 4.91. The quantitative estimate of drug-likeness (QED) is 0.437.